The molecule has 1 aromatic rings. The van der Waals surface area contributed by atoms with Gasteiger partial charge in [0.25, 0.3) is 0 Å². The fourth-order valence-electron chi connectivity index (χ4n) is 1.86. The van der Waals surface area contributed by atoms with E-state index in [0.717, 1.165) is 29.9 Å². The maximum atomic E-state index is 11.7. The van der Waals surface area contributed by atoms with Gasteiger partial charge in [0.15, 0.2) is 11.5 Å². The molecule has 1 aromatic carbocycles. The smallest absolute Gasteiger partial charge is 0.222 e. The number of rotatable bonds is 7. The van der Waals surface area contributed by atoms with Crippen molar-refractivity contribution in [2.45, 2.75) is 26.2 Å². The van der Waals surface area contributed by atoms with Gasteiger partial charge in [-0.1, -0.05) is 13.0 Å². The van der Waals surface area contributed by atoms with Crippen molar-refractivity contribution in [3.05, 3.63) is 23.8 Å². The van der Waals surface area contributed by atoms with Crippen LogP contribution in [0.2, 0.25) is 0 Å². The standard InChI is InChI=1S/C15H23NO3/c1-5-6-15(17)16(2)10-9-12-7-8-13(18-3)14(11-12)19-4/h7-8,11H,5-6,9-10H2,1-4H3. The van der Waals surface area contributed by atoms with E-state index in [1.807, 2.05) is 32.2 Å². The molecule has 0 unspecified atom stereocenters. The second kappa shape index (κ2) is 7.67. The number of hydrogen-bond donors (Lipinski definition) is 0. The lowest BCUT2D eigenvalue weighted by atomic mass is 10.1. The van der Waals surface area contributed by atoms with Crippen molar-refractivity contribution in [1.82, 2.24) is 4.90 Å². The number of amides is 1. The van der Waals surface area contributed by atoms with Crippen LogP contribution in [0.25, 0.3) is 0 Å². The molecule has 0 saturated carbocycles. The molecule has 0 bridgehead atoms. The van der Waals surface area contributed by atoms with Gasteiger partial charge in [0.2, 0.25) is 5.91 Å². The van der Waals surface area contributed by atoms with E-state index in [1.54, 1.807) is 19.1 Å². The highest BCUT2D eigenvalue weighted by atomic mass is 16.5. The molecule has 4 nitrogen and oxygen atoms in total. The van der Waals surface area contributed by atoms with Crippen molar-refractivity contribution in [3.8, 4) is 11.5 Å². The summed E-state index contributed by atoms with van der Waals surface area (Å²) in [5.74, 6) is 1.65. The molecule has 0 aliphatic rings. The average molecular weight is 265 g/mol. The highest BCUT2D eigenvalue weighted by Gasteiger charge is 2.09. The number of methoxy groups -OCH3 is 2. The molecule has 19 heavy (non-hydrogen) atoms. The van der Waals surface area contributed by atoms with E-state index < -0.39 is 0 Å². The van der Waals surface area contributed by atoms with Crippen LogP contribution in [-0.4, -0.2) is 38.6 Å². The Labute approximate surface area is 115 Å². The molecule has 4 heteroatoms. The number of hydrogen-bond acceptors (Lipinski definition) is 3. The van der Waals surface area contributed by atoms with E-state index in [1.165, 1.54) is 0 Å². The van der Waals surface area contributed by atoms with Gasteiger partial charge in [-0.15, -0.1) is 0 Å². The van der Waals surface area contributed by atoms with Gasteiger partial charge in [0.1, 0.15) is 0 Å². The lowest BCUT2D eigenvalue weighted by molar-refractivity contribution is -0.129. The first-order valence-corrected chi connectivity index (χ1v) is 6.57. The van der Waals surface area contributed by atoms with E-state index in [0.29, 0.717) is 13.0 Å². The molecule has 0 N–H and O–H groups in total. The first-order chi connectivity index (χ1) is 9.12. The van der Waals surface area contributed by atoms with Gasteiger partial charge in [0.05, 0.1) is 14.2 Å². The van der Waals surface area contributed by atoms with E-state index in [-0.39, 0.29) is 5.91 Å². The quantitative estimate of drug-likeness (QED) is 0.760. The fourth-order valence-corrected chi connectivity index (χ4v) is 1.86. The third-order valence-electron chi connectivity index (χ3n) is 3.07. The molecule has 106 valence electrons. The highest BCUT2D eigenvalue weighted by molar-refractivity contribution is 5.75. The number of likely N-dealkylation sites (N-methyl/N-ethyl adjacent to an activating group) is 1. The Kier molecular flexibility index (Phi) is 6.19. The predicted octanol–water partition coefficient (Wildman–Crippen LogP) is 2.50. The first-order valence-electron chi connectivity index (χ1n) is 6.57. The maximum Gasteiger partial charge on any atom is 0.222 e. The van der Waals surface area contributed by atoms with Crippen molar-refractivity contribution in [1.29, 1.82) is 0 Å². The Morgan fingerprint density at radius 3 is 2.47 bits per heavy atom. The lowest BCUT2D eigenvalue weighted by Gasteiger charge is -2.17. The minimum absolute atomic E-state index is 0.197. The maximum absolute atomic E-state index is 11.7. The molecular weight excluding hydrogens is 242 g/mol. The van der Waals surface area contributed by atoms with Crippen molar-refractivity contribution in [2.24, 2.45) is 0 Å². The molecule has 0 fully saturated rings. The Hall–Kier alpha value is -1.71. The summed E-state index contributed by atoms with van der Waals surface area (Å²) in [6.45, 7) is 2.73. The van der Waals surface area contributed by atoms with Crippen LogP contribution in [-0.2, 0) is 11.2 Å². The predicted molar refractivity (Wildman–Crippen MR) is 75.8 cm³/mol. The van der Waals surface area contributed by atoms with Crippen molar-refractivity contribution < 1.29 is 14.3 Å². The summed E-state index contributed by atoms with van der Waals surface area (Å²) in [4.78, 5) is 13.4. The molecule has 0 saturated heterocycles. The summed E-state index contributed by atoms with van der Waals surface area (Å²) in [6.07, 6.45) is 2.31. The third-order valence-corrected chi connectivity index (χ3v) is 3.07. The van der Waals surface area contributed by atoms with Gasteiger partial charge in [-0.2, -0.15) is 0 Å². The minimum atomic E-state index is 0.197. The zero-order chi connectivity index (χ0) is 14.3. The van der Waals surface area contributed by atoms with Crippen LogP contribution in [0.5, 0.6) is 11.5 Å². The Morgan fingerprint density at radius 1 is 1.21 bits per heavy atom. The van der Waals surface area contributed by atoms with E-state index >= 15 is 0 Å². The van der Waals surface area contributed by atoms with Crippen molar-refractivity contribution >= 4 is 5.91 Å². The second-order valence-electron chi connectivity index (χ2n) is 4.50. The van der Waals surface area contributed by atoms with Gasteiger partial charge in [-0.3, -0.25) is 4.79 Å². The second-order valence-corrected chi connectivity index (χ2v) is 4.50. The lowest BCUT2D eigenvalue weighted by Crippen LogP contribution is -2.28. The van der Waals surface area contributed by atoms with Gasteiger partial charge in [-0.25, -0.2) is 0 Å². The molecule has 0 radical (unpaired) electrons. The van der Waals surface area contributed by atoms with Crippen LogP contribution in [0, 0.1) is 0 Å². The van der Waals surface area contributed by atoms with E-state index in [2.05, 4.69) is 0 Å². The molecule has 0 spiro atoms. The van der Waals surface area contributed by atoms with Crippen molar-refractivity contribution in [3.63, 3.8) is 0 Å². The average Bonchev–Trinajstić information content (AvgIpc) is 2.44. The first kappa shape index (κ1) is 15.3. The summed E-state index contributed by atoms with van der Waals surface area (Å²) in [5, 5.41) is 0. The van der Waals surface area contributed by atoms with E-state index in [9.17, 15) is 4.79 Å². The molecule has 1 rings (SSSR count). The summed E-state index contributed by atoms with van der Waals surface area (Å²) in [6, 6.07) is 5.85. The largest absolute Gasteiger partial charge is 0.493 e. The third kappa shape index (κ3) is 4.47. The van der Waals surface area contributed by atoms with Crippen LogP contribution in [0.15, 0.2) is 18.2 Å². The summed E-state index contributed by atoms with van der Waals surface area (Å²) >= 11 is 0. The van der Waals surface area contributed by atoms with Crippen molar-refractivity contribution in [2.75, 3.05) is 27.8 Å². The summed E-state index contributed by atoms with van der Waals surface area (Å²) in [5.41, 5.74) is 1.13. The SMILES string of the molecule is CCCC(=O)N(C)CCc1ccc(OC)c(OC)c1. The molecular formula is C15H23NO3. The van der Waals surface area contributed by atoms with Crippen LogP contribution in [0.4, 0.5) is 0 Å². The Balaban J connectivity index is 2.60. The Morgan fingerprint density at radius 2 is 1.89 bits per heavy atom. The highest BCUT2D eigenvalue weighted by Crippen LogP contribution is 2.27. The number of benzene rings is 1. The van der Waals surface area contributed by atoms with Gasteiger partial charge >= 0.3 is 0 Å². The molecule has 0 aliphatic heterocycles. The molecule has 0 aromatic heterocycles. The molecule has 0 heterocycles. The zero-order valence-corrected chi connectivity index (χ0v) is 12.2. The van der Waals surface area contributed by atoms with Crippen LogP contribution in [0.1, 0.15) is 25.3 Å². The van der Waals surface area contributed by atoms with Crippen LogP contribution in [0.3, 0.4) is 0 Å². The van der Waals surface area contributed by atoms with Crippen LogP contribution < -0.4 is 9.47 Å². The number of carbonyl (C=O) groups is 1. The number of nitrogens with zero attached hydrogens (tertiary/aromatic N) is 1. The van der Waals surface area contributed by atoms with Gasteiger partial charge in [-0.05, 0) is 30.5 Å². The summed E-state index contributed by atoms with van der Waals surface area (Å²) < 4.78 is 10.5. The van der Waals surface area contributed by atoms with Crippen LogP contribution >= 0.6 is 0 Å². The topological polar surface area (TPSA) is 38.8 Å². The number of carbonyl (C=O) groups excluding carboxylic acids is 1. The molecule has 1 amide bonds. The number of ether oxygens (including phenoxy) is 2. The monoisotopic (exact) mass is 265 g/mol. The minimum Gasteiger partial charge on any atom is -0.493 e. The normalized spacial score (nSPS) is 10.1. The summed E-state index contributed by atoms with van der Waals surface area (Å²) in [7, 11) is 5.09. The molecule has 0 aliphatic carbocycles. The fraction of sp³-hybridized carbons (Fsp3) is 0.533. The van der Waals surface area contributed by atoms with E-state index in [4.69, 9.17) is 9.47 Å². The van der Waals surface area contributed by atoms with Gasteiger partial charge in [0, 0.05) is 20.0 Å². The molecule has 0 atom stereocenters. The zero-order valence-electron chi connectivity index (χ0n) is 12.2. The Bertz CT molecular complexity index is 418. The van der Waals surface area contributed by atoms with Gasteiger partial charge < -0.3 is 14.4 Å².